The fourth-order valence-electron chi connectivity index (χ4n) is 2.38. The Balaban J connectivity index is 1.99. The highest BCUT2D eigenvalue weighted by Gasteiger charge is 2.22. The predicted octanol–water partition coefficient (Wildman–Crippen LogP) is 2.51. The number of carbonyl (C=O) groups is 2. The third-order valence-corrected chi connectivity index (χ3v) is 4.01. The van der Waals surface area contributed by atoms with Crippen molar-refractivity contribution < 1.29 is 19.4 Å². The van der Waals surface area contributed by atoms with Crippen LogP contribution in [0.1, 0.15) is 30.9 Å². The van der Waals surface area contributed by atoms with Gasteiger partial charge in [-0.1, -0.05) is 28.1 Å². The van der Waals surface area contributed by atoms with Crippen molar-refractivity contribution in [1.82, 2.24) is 5.32 Å². The van der Waals surface area contributed by atoms with Crippen molar-refractivity contribution in [3.8, 4) is 0 Å². The first-order chi connectivity index (χ1) is 10.0. The maximum absolute atomic E-state index is 12.1. The lowest BCUT2D eigenvalue weighted by molar-refractivity contribution is -0.137. The number of carbonyl (C=O) groups excluding carboxylic acids is 1. The Kier molecular flexibility index (Phi) is 5.76. The van der Waals surface area contributed by atoms with Crippen LogP contribution in [0.2, 0.25) is 0 Å². The number of hydrogen-bond acceptors (Lipinski definition) is 3. The van der Waals surface area contributed by atoms with Crippen molar-refractivity contribution in [2.24, 2.45) is 5.92 Å². The van der Waals surface area contributed by atoms with E-state index in [9.17, 15) is 9.59 Å². The van der Waals surface area contributed by atoms with Gasteiger partial charge in [0.05, 0.1) is 12.5 Å². The lowest BCUT2D eigenvalue weighted by Gasteiger charge is -2.18. The maximum Gasteiger partial charge on any atom is 0.305 e. The summed E-state index contributed by atoms with van der Waals surface area (Å²) in [5, 5.41) is 11.8. The summed E-state index contributed by atoms with van der Waals surface area (Å²) in [6, 6.07) is 6.79. The van der Waals surface area contributed by atoms with Crippen molar-refractivity contribution in [1.29, 1.82) is 0 Å². The SMILES string of the molecule is O=C(O)C[C@H](NC(=O)C[C@@H]1CCOC1)c1ccc(Br)cc1. The molecule has 1 fully saturated rings. The fourth-order valence-corrected chi connectivity index (χ4v) is 2.65. The predicted molar refractivity (Wildman–Crippen MR) is 80.8 cm³/mol. The van der Waals surface area contributed by atoms with E-state index in [1.54, 1.807) is 0 Å². The number of carboxylic acids is 1. The minimum atomic E-state index is -0.938. The van der Waals surface area contributed by atoms with Crippen molar-refractivity contribution in [3.63, 3.8) is 0 Å². The summed E-state index contributed by atoms with van der Waals surface area (Å²) in [5.74, 6) is -0.826. The molecule has 2 atom stereocenters. The van der Waals surface area contributed by atoms with E-state index in [0.29, 0.717) is 19.6 Å². The normalized spacial score (nSPS) is 19.2. The minimum Gasteiger partial charge on any atom is -0.481 e. The molecule has 1 amide bonds. The van der Waals surface area contributed by atoms with Gasteiger partial charge in [0.2, 0.25) is 5.91 Å². The van der Waals surface area contributed by atoms with Gasteiger partial charge in [-0.05, 0) is 30.0 Å². The van der Waals surface area contributed by atoms with E-state index >= 15 is 0 Å². The Morgan fingerprint density at radius 2 is 2.10 bits per heavy atom. The molecule has 0 aliphatic carbocycles. The molecule has 2 N–H and O–H groups in total. The molecule has 1 saturated heterocycles. The second kappa shape index (κ2) is 7.56. The van der Waals surface area contributed by atoms with E-state index in [1.807, 2.05) is 24.3 Å². The van der Waals surface area contributed by atoms with Crippen LogP contribution in [0, 0.1) is 5.92 Å². The standard InChI is InChI=1S/C15H18BrNO4/c16-12-3-1-11(2-4-12)13(8-15(19)20)17-14(18)7-10-5-6-21-9-10/h1-4,10,13H,5-9H2,(H,17,18)(H,19,20)/t10-,13-/m0/s1. The smallest absolute Gasteiger partial charge is 0.305 e. The van der Waals surface area contributed by atoms with Crippen molar-refractivity contribution in [2.75, 3.05) is 13.2 Å². The fraction of sp³-hybridized carbons (Fsp3) is 0.467. The van der Waals surface area contributed by atoms with E-state index in [2.05, 4.69) is 21.2 Å². The Labute approximate surface area is 131 Å². The van der Waals surface area contributed by atoms with Gasteiger partial charge >= 0.3 is 5.97 Å². The summed E-state index contributed by atoms with van der Waals surface area (Å²) in [7, 11) is 0. The van der Waals surface area contributed by atoms with Crippen LogP contribution in [0.25, 0.3) is 0 Å². The average Bonchev–Trinajstić information content (AvgIpc) is 2.91. The molecule has 2 rings (SSSR count). The highest BCUT2D eigenvalue weighted by atomic mass is 79.9. The topological polar surface area (TPSA) is 75.6 Å². The zero-order valence-corrected chi connectivity index (χ0v) is 13.1. The lowest BCUT2D eigenvalue weighted by atomic mass is 10.0. The summed E-state index contributed by atoms with van der Waals surface area (Å²) in [5.41, 5.74) is 0.789. The number of carboxylic acid groups (broad SMARTS) is 1. The van der Waals surface area contributed by atoms with Gasteiger partial charge in [0, 0.05) is 24.1 Å². The number of benzene rings is 1. The summed E-state index contributed by atoms with van der Waals surface area (Å²) in [4.78, 5) is 23.1. The van der Waals surface area contributed by atoms with Crippen LogP contribution in [-0.2, 0) is 14.3 Å². The van der Waals surface area contributed by atoms with Crippen LogP contribution < -0.4 is 5.32 Å². The summed E-state index contributed by atoms with van der Waals surface area (Å²) in [6.07, 6.45) is 1.14. The zero-order valence-electron chi connectivity index (χ0n) is 11.5. The molecule has 0 unspecified atom stereocenters. The van der Waals surface area contributed by atoms with Crippen LogP contribution in [-0.4, -0.2) is 30.2 Å². The monoisotopic (exact) mass is 355 g/mol. The number of aliphatic carboxylic acids is 1. The summed E-state index contributed by atoms with van der Waals surface area (Å²) >= 11 is 3.34. The van der Waals surface area contributed by atoms with Crippen LogP contribution >= 0.6 is 15.9 Å². The quantitative estimate of drug-likeness (QED) is 0.821. The zero-order chi connectivity index (χ0) is 15.2. The number of rotatable bonds is 6. The first-order valence-corrected chi connectivity index (χ1v) is 7.68. The number of ether oxygens (including phenoxy) is 1. The van der Waals surface area contributed by atoms with Crippen LogP contribution in [0.3, 0.4) is 0 Å². The molecule has 0 bridgehead atoms. The second-order valence-corrected chi connectivity index (χ2v) is 6.12. The van der Waals surface area contributed by atoms with E-state index in [0.717, 1.165) is 16.5 Å². The highest BCUT2D eigenvalue weighted by Crippen LogP contribution is 2.21. The molecule has 0 saturated carbocycles. The Morgan fingerprint density at radius 3 is 2.67 bits per heavy atom. The molecule has 1 aliphatic rings. The Bertz CT molecular complexity index is 497. The first kappa shape index (κ1) is 16.0. The van der Waals surface area contributed by atoms with Gasteiger partial charge in [-0.3, -0.25) is 9.59 Å². The van der Waals surface area contributed by atoms with Gasteiger partial charge < -0.3 is 15.2 Å². The first-order valence-electron chi connectivity index (χ1n) is 6.89. The second-order valence-electron chi connectivity index (χ2n) is 5.20. The molecule has 1 aromatic carbocycles. The minimum absolute atomic E-state index is 0.125. The molecule has 0 radical (unpaired) electrons. The van der Waals surface area contributed by atoms with Gasteiger partial charge in [0.25, 0.3) is 0 Å². The average molecular weight is 356 g/mol. The largest absolute Gasteiger partial charge is 0.481 e. The van der Waals surface area contributed by atoms with Crippen LogP contribution in [0.15, 0.2) is 28.7 Å². The van der Waals surface area contributed by atoms with E-state index < -0.39 is 12.0 Å². The number of halogens is 1. The summed E-state index contributed by atoms with van der Waals surface area (Å²) < 4.78 is 6.16. The van der Waals surface area contributed by atoms with Crippen molar-refractivity contribution >= 4 is 27.8 Å². The maximum atomic E-state index is 12.1. The molecular formula is C15H18BrNO4. The van der Waals surface area contributed by atoms with Gasteiger partial charge in [-0.15, -0.1) is 0 Å². The molecule has 6 heteroatoms. The molecule has 5 nitrogen and oxygen atoms in total. The number of amides is 1. The molecular weight excluding hydrogens is 338 g/mol. The van der Waals surface area contributed by atoms with Gasteiger partial charge in [-0.2, -0.15) is 0 Å². The molecule has 114 valence electrons. The Hall–Kier alpha value is -1.40. The van der Waals surface area contributed by atoms with Crippen molar-refractivity contribution in [3.05, 3.63) is 34.3 Å². The Morgan fingerprint density at radius 1 is 1.38 bits per heavy atom. The third kappa shape index (κ3) is 5.13. The molecule has 1 aromatic rings. The molecule has 21 heavy (non-hydrogen) atoms. The number of hydrogen-bond donors (Lipinski definition) is 2. The third-order valence-electron chi connectivity index (χ3n) is 3.48. The van der Waals surface area contributed by atoms with Gasteiger partial charge in [0.15, 0.2) is 0 Å². The van der Waals surface area contributed by atoms with Crippen LogP contribution in [0.5, 0.6) is 0 Å². The van der Waals surface area contributed by atoms with E-state index in [-0.39, 0.29) is 18.2 Å². The van der Waals surface area contributed by atoms with E-state index in [1.165, 1.54) is 0 Å². The number of nitrogens with one attached hydrogen (secondary N) is 1. The van der Waals surface area contributed by atoms with Gasteiger partial charge in [-0.25, -0.2) is 0 Å². The van der Waals surface area contributed by atoms with Gasteiger partial charge in [0.1, 0.15) is 0 Å². The highest BCUT2D eigenvalue weighted by molar-refractivity contribution is 9.10. The van der Waals surface area contributed by atoms with Crippen molar-refractivity contribution in [2.45, 2.75) is 25.3 Å². The molecule has 1 heterocycles. The van der Waals surface area contributed by atoms with Crippen LogP contribution in [0.4, 0.5) is 0 Å². The van der Waals surface area contributed by atoms with E-state index in [4.69, 9.17) is 9.84 Å². The lowest BCUT2D eigenvalue weighted by Crippen LogP contribution is -2.31. The summed E-state index contributed by atoms with van der Waals surface area (Å²) in [6.45, 7) is 1.30. The molecule has 0 spiro atoms. The molecule has 1 aliphatic heterocycles. The molecule has 0 aromatic heterocycles.